The molecule has 1 aromatic heterocycles. The Morgan fingerprint density at radius 1 is 0.775 bits per heavy atom. The smallest absolute Gasteiger partial charge is 0.0736 e. The molecule has 8 bridgehead atoms. The number of allylic oxidation sites excluding steroid dienone is 5. The Hall–Kier alpha value is -4.70. The molecule has 2 N–H and O–H groups in total. The zero-order valence-corrected chi connectivity index (χ0v) is 23.3. The summed E-state index contributed by atoms with van der Waals surface area (Å²) in [5.74, 6) is 0. The molecule has 0 amide bonds. The molecule has 40 heavy (non-hydrogen) atoms. The fourth-order valence-corrected chi connectivity index (χ4v) is 6.20. The first kappa shape index (κ1) is 24.3. The molecule has 0 fully saturated rings. The van der Waals surface area contributed by atoms with Crippen LogP contribution in [0.2, 0.25) is 0 Å². The lowest BCUT2D eigenvalue weighted by Crippen LogP contribution is -2.22. The minimum absolute atomic E-state index is 0.160. The molecule has 2 aromatic carbocycles. The highest BCUT2D eigenvalue weighted by atomic mass is 15.0. The molecular weight excluding hydrogens is 488 g/mol. The van der Waals surface area contributed by atoms with Crippen molar-refractivity contribution in [2.45, 2.75) is 40.2 Å². The zero-order valence-electron chi connectivity index (χ0n) is 23.3. The molecule has 1 unspecified atom stereocenters. The van der Waals surface area contributed by atoms with Crippen molar-refractivity contribution in [2.75, 3.05) is 0 Å². The number of aromatic nitrogens is 1. The molecule has 0 saturated carbocycles. The van der Waals surface area contributed by atoms with E-state index in [2.05, 4.69) is 129 Å². The van der Waals surface area contributed by atoms with E-state index in [9.17, 15) is 0 Å². The van der Waals surface area contributed by atoms with Gasteiger partial charge in [-0.2, -0.15) is 0 Å². The van der Waals surface area contributed by atoms with E-state index in [0.29, 0.717) is 0 Å². The van der Waals surface area contributed by atoms with Crippen LogP contribution in [0.15, 0.2) is 112 Å². The predicted octanol–water partition coefficient (Wildman–Crippen LogP) is 5.80. The lowest BCUT2D eigenvalue weighted by molar-refractivity contribution is 0.741. The van der Waals surface area contributed by atoms with Crippen LogP contribution in [0, 0.1) is 27.7 Å². The van der Waals surface area contributed by atoms with E-state index in [1.165, 1.54) is 27.8 Å². The van der Waals surface area contributed by atoms with E-state index >= 15 is 0 Å². The van der Waals surface area contributed by atoms with Crippen LogP contribution in [-0.4, -0.2) is 22.4 Å². The zero-order chi connectivity index (χ0) is 27.4. The molecule has 4 nitrogen and oxygen atoms in total. The average Bonchev–Trinajstić information content (AvgIpc) is 3.72. The number of aliphatic imine (C=N–C) groups is 2. The molecule has 196 valence electrons. The highest BCUT2D eigenvalue weighted by Gasteiger charge is 2.25. The van der Waals surface area contributed by atoms with Gasteiger partial charge in [0.1, 0.15) is 0 Å². The fourth-order valence-electron chi connectivity index (χ4n) is 6.20. The topological polar surface area (TPSA) is 52.5 Å². The van der Waals surface area contributed by atoms with E-state index < -0.39 is 0 Å². The second-order valence-electron chi connectivity index (χ2n) is 11.1. The van der Waals surface area contributed by atoms with Gasteiger partial charge in [-0.1, -0.05) is 53.6 Å². The third-order valence-corrected chi connectivity index (χ3v) is 7.94. The molecule has 1 atom stereocenters. The Kier molecular flexibility index (Phi) is 5.78. The van der Waals surface area contributed by atoms with Gasteiger partial charge in [0.2, 0.25) is 0 Å². The summed E-state index contributed by atoms with van der Waals surface area (Å²) in [5, 5.41) is 5.86. The first-order valence-corrected chi connectivity index (χ1v) is 13.9. The quantitative estimate of drug-likeness (QED) is 0.441. The molecule has 4 aliphatic rings. The summed E-state index contributed by atoms with van der Waals surface area (Å²) in [7, 11) is 0. The van der Waals surface area contributed by atoms with Crippen molar-refractivity contribution in [2.24, 2.45) is 9.98 Å². The van der Waals surface area contributed by atoms with Gasteiger partial charge in [-0.15, -0.1) is 0 Å². The number of H-pyrrole nitrogens is 1. The molecular formula is C36H32N4. The van der Waals surface area contributed by atoms with Crippen molar-refractivity contribution in [3.8, 4) is 0 Å². The van der Waals surface area contributed by atoms with Gasteiger partial charge in [-0.3, -0.25) is 0 Å². The summed E-state index contributed by atoms with van der Waals surface area (Å²) in [6, 6.07) is 17.6. The maximum Gasteiger partial charge on any atom is 0.0736 e. The molecule has 0 saturated heterocycles. The van der Waals surface area contributed by atoms with E-state index in [0.717, 1.165) is 62.3 Å². The Labute approximate surface area is 235 Å². The van der Waals surface area contributed by atoms with Crippen LogP contribution in [0.3, 0.4) is 0 Å². The van der Waals surface area contributed by atoms with Crippen molar-refractivity contribution in [3.63, 3.8) is 0 Å². The van der Waals surface area contributed by atoms with Crippen LogP contribution in [0.1, 0.15) is 39.8 Å². The number of benzene rings is 2. The molecule has 5 heterocycles. The number of hydrogen-bond donors (Lipinski definition) is 2. The lowest BCUT2D eigenvalue weighted by atomic mass is 9.90. The van der Waals surface area contributed by atoms with Crippen LogP contribution in [-0.2, 0) is 0 Å². The minimum atomic E-state index is 0.160. The molecule has 7 rings (SSSR count). The monoisotopic (exact) mass is 520 g/mol. The summed E-state index contributed by atoms with van der Waals surface area (Å²) in [6.07, 6.45) is 16.1. The van der Waals surface area contributed by atoms with Crippen LogP contribution in [0.4, 0.5) is 0 Å². The molecule has 4 aliphatic heterocycles. The van der Waals surface area contributed by atoms with Crippen LogP contribution >= 0.6 is 0 Å². The summed E-state index contributed by atoms with van der Waals surface area (Å²) in [5.41, 5.74) is 14.7. The second kappa shape index (κ2) is 9.49. The lowest BCUT2D eigenvalue weighted by Gasteiger charge is -2.19. The molecule has 4 heteroatoms. The largest absolute Gasteiger partial charge is 0.378 e. The standard InChI is InChI=1S/C36H32N4/c1-21-5-7-25(8-6-21)35-30-13-9-26(37-30)19-28-11-15-32(39-28)36(34-23(3)17-22(2)18-24(34)4)33-16-12-29(40-33)20-27-10-14-31(35)38-27/h5-11,13-20,29,37,40H,12H2,1-4H3/b26-19-,27-20-,35-30-,36-32+. The molecule has 0 spiro atoms. The van der Waals surface area contributed by atoms with Gasteiger partial charge in [0.05, 0.1) is 28.9 Å². The van der Waals surface area contributed by atoms with Gasteiger partial charge in [0.15, 0.2) is 0 Å². The summed E-state index contributed by atoms with van der Waals surface area (Å²) >= 11 is 0. The number of fused-ring (bicyclic) bond motifs is 6. The van der Waals surface area contributed by atoms with Crippen LogP contribution in [0.5, 0.6) is 0 Å². The third-order valence-electron chi connectivity index (χ3n) is 7.94. The number of nitrogens with one attached hydrogen (secondary N) is 2. The van der Waals surface area contributed by atoms with Gasteiger partial charge in [-0.05, 0) is 105 Å². The fraction of sp³-hybridized carbons (Fsp3) is 0.167. The summed E-state index contributed by atoms with van der Waals surface area (Å²) < 4.78 is 0. The molecule has 0 radical (unpaired) electrons. The van der Waals surface area contributed by atoms with Gasteiger partial charge < -0.3 is 10.3 Å². The van der Waals surface area contributed by atoms with Crippen molar-refractivity contribution < 1.29 is 0 Å². The first-order valence-electron chi connectivity index (χ1n) is 13.9. The Bertz CT molecular complexity index is 1890. The van der Waals surface area contributed by atoms with Gasteiger partial charge in [0, 0.05) is 27.5 Å². The Balaban J connectivity index is 1.46. The number of nitrogens with zero attached hydrogens (tertiary/aromatic N) is 2. The second-order valence-corrected chi connectivity index (χ2v) is 11.1. The SMILES string of the molecule is Cc1ccc(/C2=c3\cc/c([nH]3)=C/C3=NC(=C(/c4c(C)cc(C)cc4C)C4=CCC(/C=C5/C=CC2=N5)N4)/C=C3)cc1. The Morgan fingerprint density at radius 3 is 2.38 bits per heavy atom. The maximum atomic E-state index is 5.13. The molecule has 0 aliphatic carbocycles. The minimum Gasteiger partial charge on any atom is -0.378 e. The van der Waals surface area contributed by atoms with Crippen molar-refractivity contribution in [1.29, 1.82) is 0 Å². The predicted molar refractivity (Wildman–Crippen MR) is 167 cm³/mol. The maximum absolute atomic E-state index is 5.13. The van der Waals surface area contributed by atoms with Crippen molar-refractivity contribution >= 4 is 28.6 Å². The van der Waals surface area contributed by atoms with Gasteiger partial charge in [-0.25, -0.2) is 9.98 Å². The van der Waals surface area contributed by atoms with Gasteiger partial charge >= 0.3 is 0 Å². The summed E-state index contributed by atoms with van der Waals surface area (Å²) in [6.45, 7) is 8.68. The highest BCUT2D eigenvalue weighted by molar-refractivity contribution is 6.30. The summed E-state index contributed by atoms with van der Waals surface area (Å²) in [4.78, 5) is 13.9. The number of aryl methyl sites for hydroxylation is 4. The van der Waals surface area contributed by atoms with Gasteiger partial charge in [0.25, 0.3) is 0 Å². The number of hydrogen-bond acceptors (Lipinski definition) is 3. The van der Waals surface area contributed by atoms with Crippen LogP contribution < -0.4 is 16.0 Å². The average molecular weight is 521 g/mol. The van der Waals surface area contributed by atoms with Crippen molar-refractivity contribution in [3.05, 3.63) is 146 Å². The first-order chi connectivity index (χ1) is 19.4. The van der Waals surface area contributed by atoms with E-state index in [4.69, 9.17) is 9.98 Å². The van der Waals surface area contributed by atoms with Crippen LogP contribution in [0.25, 0.3) is 17.2 Å². The normalized spacial score (nSPS) is 24.6. The van der Waals surface area contributed by atoms with Crippen molar-refractivity contribution in [1.82, 2.24) is 10.3 Å². The highest BCUT2D eigenvalue weighted by Crippen LogP contribution is 2.36. The van der Waals surface area contributed by atoms with E-state index in [1.54, 1.807) is 0 Å². The molecule has 3 aromatic rings. The number of rotatable bonds is 2. The van der Waals surface area contributed by atoms with E-state index in [1.807, 2.05) is 0 Å². The third kappa shape index (κ3) is 4.36. The van der Waals surface area contributed by atoms with E-state index in [-0.39, 0.29) is 6.04 Å². The Morgan fingerprint density at radius 2 is 1.57 bits per heavy atom. The number of aromatic amines is 1.